The van der Waals surface area contributed by atoms with Crippen LogP contribution in [0.15, 0.2) is 64.5 Å². The number of ether oxygens (including phenoxy) is 3. The molecule has 0 bridgehead atoms. The molecule has 7 rings (SSSR count). The van der Waals surface area contributed by atoms with Crippen molar-refractivity contribution in [2.45, 2.75) is 87.0 Å². The van der Waals surface area contributed by atoms with Gasteiger partial charge in [-0.1, -0.05) is 61.7 Å². The number of rotatable bonds is 14. The molecule has 0 spiro atoms. The predicted octanol–water partition coefficient (Wildman–Crippen LogP) is 6.12. The molecule has 19 heteroatoms. The molecule has 8 atom stereocenters. The highest BCUT2D eigenvalue weighted by Gasteiger charge is 2.55. The fourth-order valence-corrected chi connectivity index (χ4v) is 11.9. The topological polar surface area (TPSA) is 202 Å². The van der Waals surface area contributed by atoms with Crippen LogP contribution in [0, 0.1) is 11.8 Å². The molecule has 272 valence electrons. The van der Waals surface area contributed by atoms with Crippen molar-refractivity contribution in [3.05, 3.63) is 70.8 Å². The number of hydrogen-bond acceptors (Lipinski definition) is 12. The summed E-state index contributed by atoms with van der Waals surface area (Å²) in [6.45, 7) is -0.684. The Balaban J connectivity index is 1.02. The standard InChI is InChI=1S/C31H39N2O13P3S/c34-31-32-26(50-19-20-13-14-20)15-16-33(31)29-28-27(43-30(44-28)22-8-2-1-3-9-22)25(42-29)17-41-48(37,38)46-49(39,40)45-47(35,36)18-23-11-6-10-21-7-4-5-12-24(21)23/h4-7,10-12,15-16,20,22,25,27-30H,1-3,8-9,13-14,17-19H2,(H,35,36)(H,37,38)(H,39,40). The van der Waals surface area contributed by atoms with E-state index in [2.05, 4.69) is 13.6 Å². The molecule has 3 aromatic rings. The molecule has 4 aliphatic rings. The maximum absolute atomic E-state index is 13.1. The van der Waals surface area contributed by atoms with E-state index in [1.165, 1.54) is 29.2 Å². The van der Waals surface area contributed by atoms with Crippen molar-refractivity contribution < 1.29 is 55.7 Å². The van der Waals surface area contributed by atoms with Crippen LogP contribution in [0.1, 0.15) is 56.7 Å². The Kier molecular flexibility index (Phi) is 10.9. The Morgan fingerprint density at radius 3 is 2.36 bits per heavy atom. The largest absolute Gasteiger partial charge is 0.488 e. The van der Waals surface area contributed by atoms with Crippen molar-refractivity contribution in [1.29, 1.82) is 0 Å². The molecular formula is C31H39N2O13P3S. The Morgan fingerprint density at radius 2 is 1.60 bits per heavy atom. The van der Waals surface area contributed by atoms with Crippen LogP contribution in [0.3, 0.4) is 0 Å². The van der Waals surface area contributed by atoms with Gasteiger partial charge < -0.3 is 28.9 Å². The highest BCUT2D eigenvalue weighted by molar-refractivity contribution is 7.99. The lowest BCUT2D eigenvalue weighted by molar-refractivity contribution is -0.174. The first kappa shape index (κ1) is 36.6. The van der Waals surface area contributed by atoms with Gasteiger partial charge in [0.1, 0.15) is 23.3 Å². The molecule has 2 aliphatic heterocycles. The summed E-state index contributed by atoms with van der Waals surface area (Å²) in [4.78, 5) is 48.5. The lowest BCUT2D eigenvalue weighted by Gasteiger charge is -2.28. The van der Waals surface area contributed by atoms with E-state index in [4.69, 9.17) is 18.7 Å². The Morgan fingerprint density at radius 1 is 0.860 bits per heavy atom. The van der Waals surface area contributed by atoms with E-state index in [1.807, 2.05) is 0 Å². The first-order valence-electron chi connectivity index (χ1n) is 16.5. The molecule has 2 aliphatic carbocycles. The van der Waals surface area contributed by atoms with Crippen LogP contribution in [0.5, 0.6) is 0 Å². The molecule has 3 N–H and O–H groups in total. The van der Waals surface area contributed by atoms with Crippen LogP contribution in [-0.2, 0) is 47.2 Å². The van der Waals surface area contributed by atoms with Crippen molar-refractivity contribution >= 4 is 45.8 Å². The van der Waals surface area contributed by atoms with Crippen LogP contribution in [0.2, 0.25) is 0 Å². The minimum Gasteiger partial charge on any atom is -0.346 e. The van der Waals surface area contributed by atoms with E-state index >= 15 is 0 Å². The average Bonchev–Trinajstić information content (AvgIpc) is 3.69. The first-order valence-corrected chi connectivity index (χ1v) is 22.3. The number of hydrogen-bond donors (Lipinski definition) is 3. The number of nitrogens with zero attached hydrogens (tertiary/aromatic N) is 2. The molecule has 2 saturated heterocycles. The van der Waals surface area contributed by atoms with Crippen molar-refractivity contribution in [3.8, 4) is 0 Å². The summed E-state index contributed by atoms with van der Waals surface area (Å²) in [7, 11) is -15.9. The zero-order valence-electron chi connectivity index (χ0n) is 26.9. The number of thioether (sulfide) groups is 1. The summed E-state index contributed by atoms with van der Waals surface area (Å²) < 4.78 is 72.5. The van der Waals surface area contributed by atoms with Gasteiger partial charge in [-0.3, -0.25) is 13.7 Å². The van der Waals surface area contributed by atoms with Gasteiger partial charge in [0.15, 0.2) is 12.5 Å². The zero-order chi connectivity index (χ0) is 35.1. The van der Waals surface area contributed by atoms with Crippen LogP contribution in [0.25, 0.3) is 10.8 Å². The fraction of sp³-hybridized carbons (Fsp3) is 0.548. The Labute approximate surface area is 292 Å². The fourth-order valence-electron chi connectivity index (χ4n) is 6.68. The third-order valence-electron chi connectivity index (χ3n) is 9.23. The maximum atomic E-state index is 13.1. The normalized spacial score (nSPS) is 29.3. The summed E-state index contributed by atoms with van der Waals surface area (Å²) in [6.07, 6.45) is 3.89. The molecule has 50 heavy (non-hydrogen) atoms. The number of fused-ring (bicyclic) bond motifs is 2. The van der Waals surface area contributed by atoms with E-state index in [0.29, 0.717) is 21.9 Å². The second-order valence-electron chi connectivity index (χ2n) is 13.1. The van der Waals surface area contributed by atoms with Crippen molar-refractivity contribution in [2.24, 2.45) is 11.8 Å². The number of phosphoric ester groups is 1. The van der Waals surface area contributed by atoms with E-state index in [1.54, 1.807) is 54.7 Å². The summed E-state index contributed by atoms with van der Waals surface area (Å²) >= 11 is 1.51. The molecule has 1 aromatic heterocycles. The molecule has 0 radical (unpaired) electrons. The van der Waals surface area contributed by atoms with Gasteiger partial charge in [0.05, 0.1) is 12.8 Å². The van der Waals surface area contributed by atoms with E-state index in [-0.39, 0.29) is 5.92 Å². The second-order valence-corrected chi connectivity index (χ2v) is 19.1. The van der Waals surface area contributed by atoms with Gasteiger partial charge in [0.25, 0.3) is 0 Å². The second kappa shape index (κ2) is 14.9. The summed E-state index contributed by atoms with van der Waals surface area (Å²) in [5.74, 6) is 1.64. The molecule has 15 nitrogen and oxygen atoms in total. The number of benzene rings is 2. The van der Waals surface area contributed by atoms with Gasteiger partial charge in [-0.05, 0) is 54.0 Å². The quantitative estimate of drug-likeness (QED) is 0.0960. The van der Waals surface area contributed by atoms with Gasteiger partial charge in [0.2, 0.25) is 0 Å². The monoisotopic (exact) mass is 772 g/mol. The van der Waals surface area contributed by atoms with Crippen LogP contribution >= 0.6 is 35.0 Å². The maximum Gasteiger partial charge on any atom is 0.488 e. The van der Waals surface area contributed by atoms with E-state index in [0.717, 1.165) is 43.2 Å². The van der Waals surface area contributed by atoms with Crippen molar-refractivity contribution in [3.63, 3.8) is 0 Å². The molecule has 3 heterocycles. The first-order chi connectivity index (χ1) is 23.8. The molecular weight excluding hydrogens is 733 g/mol. The van der Waals surface area contributed by atoms with Crippen LogP contribution in [-0.4, -0.2) is 61.2 Å². The van der Waals surface area contributed by atoms with Crippen LogP contribution in [0.4, 0.5) is 0 Å². The molecule has 0 amide bonds. The smallest absolute Gasteiger partial charge is 0.346 e. The van der Waals surface area contributed by atoms with Gasteiger partial charge in [-0.2, -0.15) is 9.29 Å². The van der Waals surface area contributed by atoms with Gasteiger partial charge in [-0.15, -0.1) is 11.8 Å². The predicted molar refractivity (Wildman–Crippen MR) is 181 cm³/mol. The molecule has 8 unspecified atom stereocenters. The van der Waals surface area contributed by atoms with Gasteiger partial charge >= 0.3 is 28.9 Å². The minimum absolute atomic E-state index is 0.111. The van der Waals surface area contributed by atoms with Crippen molar-refractivity contribution in [1.82, 2.24) is 9.55 Å². The molecule has 2 aromatic carbocycles. The average molecular weight is 773 g/mol. The summed E-state index contributed by atoms with van der Waals surface area (Å²) in [5, 5.41) is 1.98. The number of aromatic nitrogens is 2. The lowest BCUT2D eigenvalue weighted by atomic mass is 9.89. The third kappa shape index (κ3) is 8.89. The van der Waals surface area contributed by atoms with E-state index in [9.17, 15) is 33.2 Å². The van der Waals surface area contributed by atoms with Crippen LogP contribution < -0.4 is 5.69 Å². The van der Waals surface area contributed by atoms with E-state index < -0.39 is 72.5 Å². The lowest BCUT2D eigenvalue weighted by Crippen LogP contribution is -2.34. The van der Waals surface area contributed by atoms with Crippen molar-refractivity contribution in [2.75, 3.05) is 12.4 Å². The molecule has 2 saturated carbocycles. The Bertz CT molecular complexity index is 1900. The third-order valence-corrected chi connectivity index (χ3v) is 15.1. The highest BCUT2D eigenvalue weighted by atomic mass is 32.2. The van der Waals surface area contributed by atoms with Gasteiger partial charge in [-0.25, -0.2) is 18.2 Å². The molecule has 4 fully saturated rings. The zero-order valence-corrected chi connectivity index (χ0v) is 30.4. The van der Waals surface area contributed by atoms with Gasteiger partial charge in [0, 0.05) is 17.9 Å². The number of phosphoric acid groups is 2. The highest BCUT2D eigenvalue weighted by Crippen LogP contribution is 2.68. The SMILES string of the molecule is O=c1nc(SCC2CC2)ccn1C1OC(COP(=O)(O)OP(=O)(O)OP(=O)(O)Cc2cccc3ccccc23)C2OC(C3CCCCC3)OC21. The summed E-state index contributed by atoms with van der Waals surface area (Å²) in [6, 6.07) is 13.7. The Hall–Kier alpha value is -1.74. The minimum atomic E-state index is -5.63. The summed E-state index contributed by atoms with van der Waals surface area (Å²) in [5.41, 5.74) is -0.210.